The number of sulfonamides is 3. The summed E-state index contributed by atoms with van der Waals surface area (Å²) in [5.41, 5.74) is 3.71. The molecule has 0 saturated heterocycles. The van der Waals surface area contributed by atoms with Gasteiger partial charge in [0.05, 0.1) is 60.5 Å². The van der Waals surface area contributed by atoms with Gasteiger partial charge in [-0.25, -0.2) is 33.7 Å². The van der Waals surface area contributed by atoms with E-state index in [1.165, 1.54) is 44.8 Å². The normalized spacial score (nSPS) is 12.3. The molecule has 0 amide bonds. The van der Waals surface area contributed by atoms with Crippen molar-refractivity contribution in [3.8, 4) is 0 Å². The molecule has 4 N–H and O–H groups in total. The molecule has 0 aromatic heterocycles. The highest BCUT2D eigenvalue weighted by atomic mass is 127. The summed E-state index contributed by atoms with van der Waals surface area (Å²) in [6.45, 7) is 20.4. The fourth-order valence-corrected chi connectivity index (χ4v) is 31.6. The first-order chi connectivity index (χ1) is 47.5. The van der Waals surface area contributed by atoms with Crippen LogP contribution in [0.25, 0.3) is 0 Å². The van der Waals surface area contributed by atoms with E-state index in [1.54, 1.807) is 30.0 Å². The maximum absolute atomic E-state index is 12.7. The van der Waals surface area contributed by atoms with Crippen molar-refractivity contribution < 1.29 is 47.6 Å². The molecule has 0 fully saturated rings. The Morgan fingerprint density at radius 3 is 0.894 bits per heavy atom. The number of aliphatic hydroxyl groups excluding tert-OH is 1. The van der Waals surface area contributed by atoms with Gasteiger partial charge in [0.15, 0.2) is 9.84 Å². The molecule has 0 saturated carbocycles. The van der Waals surface area contributed by atoms with Gasteiger partial charge < -0.3 is 14.0 Å². The number of nitrogens with one attached hydrogen (secondary N) is 3. The van der Waals surface area contributed by atoms with Gasteiger partial charge in [-0.3, -0.25) is 14.2 Å². The van der Waals surface area contributed by atoms with E-state index in [0.717, 1.165) is 57.2 Å². The number of thioether (sulfide) groups is 2. The number of hydrogen-bond donors (Lipinski definition) is 4. The zero-order valence-electron chi connectivity index (χ0n) is 59.9. The van der Waals surface area contributed by atoms with Crippen LogP contribution in [0.2, 0.25) is 15.1 Å². The van der Waals surface area contributed by atoms with Crippen molar-refractivity contribution in [1.29, 1.82) is 0 Å². The summed E-state index contributed by atoms with van der Waals surface area (Å²) in [4.78, 5) is 1.91. The lowest BCUT2D eigenvalue weighted by molar-refractivity contribution is 0.279. The van der Waals surface area contributed by atoms with Crippen LogP contribution in [0, 0.1) is 10.7 Å². The number of aliphatic hydroxyl groups is 1. The van der Waals surface area contributed by atoms with Crippen LogP contribution < -0.4 is 45.3 Å². The second-order valence-electron chi connectivity index (χ2n) is 27.3. The van der Waals surface area contributed by atoms with Gasteiger partial charge in [0.1, 0.15) is 0 Å². The van der Waals surface area contributed by atoms with Crippen molar-refractivity contribution in [1.82, 2.24) is 0 Å². The Kier molecular flexibility index (Phi) is 34.6. The quantitative estimate of drug-likeness (QED) is 0.0216. The number of anilines is 3. The maximum Gasteiger partial charge on any atom is 0.261 e. The Morgan fingerprint density at radius 2 is 0.644 bits per heavy atom. The number of sulfone groups is 1. The van der Waals surface area contributed by atoms with E-state index in [2.05, 4.69) is 220 Å². The Balaban J connectivity index is 0.000000306. The summed E-state index contributed by atoms with van der Waals surface area (Å²) in [5.74, 6) is 0. The fraction of sp³-hybridized carbons (Fsp3) is 0.299. The van der Waals surface area contributed by atoms with Gasteiger partial charge in [-0.15, -0.1) is 23.5 Å². The second kappa shape index (κ2) is 39.0. The molecule has 0 atom stereocenters. The van der Waals surface area contributed by atoms with Crippen molar-refractivity contribution in [2.45, 2.75) is 127 Å². The van der Waals surface area contributed by atoms with Crippen LogP contribution in [-0.2, 0) is 68.6 Å². The molecule has 0 spiro atoms. The molecule has 0 aliphatic rings. The van der Waals surface area contributed by atoms with E-state index in [1.807, 2.05) is 130 Å². The molecule has 9 rings (SSSR count). The van der Waals surface area contributed by atoms with E-state index in [-0.39, 0.29) is 53.8 Å². The average molecular weight is 1940 g/mol. The predicted molar refractivity (Wildman–Crippen MR) is 477 cm³/mol. The molecule has 9 aromatic carbocycles. The summed E-state index contributed by atoms with van der Waals surface area (Å²) in [6, 6.07) is 72.9. The minimum Gasteiger partial charge on any atom is -0.403 e. The molecule has 0 unspecified atom stereocenters. The summed E-state index contributed by atoms with van der Waals surface area (Å²) >= 11 is 16.5. The standard InChI is InChI=1S/C25H30INO5S2Si.C25H30INO3S2Si.C16H19ClSi.C9H12INO3S2.2CH4/c1-25(2,3)35(20-12-8-6-9-13-20,21-14-10-7-11-15-21)32-18-19-16-22(26)23(27-34(5,30)31)17-24(19)33(4,28)29;1-25(2,3)33(20-12-8-6-9-13-20,21-14-10-7-11-15-21)30-18-19-16-22(26)23(17-24(19)31-4)27-32(5,28)29;1-16(2,3)18(17,14-10-6-4-7-11-14)15-12-8-5-9-13-15;1-15-9-4-8(11-16(2,13)14)7(10)3-6(9)5-12;;/h6-17,27H,18H2,1-5H3;6-17,27H,18H2,1-5H3;4-13H,1-3H3;3-4,11-12H,5H2,1-2H3;2*1H4. The third-order valence-electron chi connectivity index (χ3n) is 16.4. The second-order valence-corrected chi connectivity index (χ2v) is 54.0. The van der Waals surface area contributed by atoms with Crippen LogP contribution in [0.5, 0.6) is 0 Å². The van der Waals surface area contributed by atoms with Crippen LogP contribution in [-0.4, -0.2) is 100 Å². The van der Waals surface area contributed by atoms with E-state index in [9.17, 15) is 33.7 Å². The van der Waals surface area contributed by atoms with Gasteiger partial charge in [-0.2, -0.15) is 11.1 Å². The fourth-order valence-electron chi connectivity index (χ4n) is 12.0. The maximum atomic E-state index is 12.7. The number of halogens is 4. The van der Waals surface area contributed by atoms with E-state index < -0.39 is 63.9 Å². The third kappa shape index (κ3) is 24.4. The minimum absolute atomic E-state index is 0. The van der Waals surface area contributed by atoms with Gasteiger partial charge >= 0.3 is 0 Å². The molecule has 104 heavy (non-hydrogen) atoms. The number of hydrogen-bond acceptors (Lipinski definition) is 13. The molecule has 9 aromatic rings. The van der Waals surface area contributed by atoms with Crippen LogP contribution >= 0.6 is 102 Å². The molecule has 0 aliphatic carbocycles. The van der Waals surface area contributed by atoms with E-state index in [0.29, 0.717) is 27.1 Å². The van der Waals surface area contributed by atoms with Gasteiger partial charge in [-0.05, 0) is 180 Å². The van der Waals surface area contributed by atoms with E-state index in [4.69, 9.17) is 25.0 Å². The van der Waals surface area contributed by atoms with Crippen molar-refractivity contribution in [3.63, 3.8) is 0 Å². The molecule has 0 radical (unpaired) electrons. The number of rotatable bonds is 22. The average Bonchev–Trinajstić information content (AvgIpc) is 0.753. The molecule has 0 heterocycles. The van der Waals surface area contributed by atoms with Gasteiger partial charge in [0.25, 0.3) is 16.6 Å². The number of benzene rings is 9. The highest BCUT2D eigenvalue weighted by Gasteiger charge is 2.52. The first-order valence-electron chi connectivity index (χ1n) is 32.1. The van der Waals surface area contributed by atoms with Crippen LogP contribution in [0.4, 0.5) is 17.1 Å². The van der Waals surface area contributed by atoms with Crippen LogP contribution in [0.15, 0.2) is 233 Å². The lowest BCUT2D eigenvalue weighted by Crippen LogP contribution is -2.66. The van der Waals surface area contributed by atoms with E-state index >= 15 is 0 Å². The van der Waals surface area contributed by atoms with Gasteiger partial charge in [0.2, 0.25) is 37.5 Å². The summed E-state index contributed by atoms with van der Waals surface area (Å²) in [5, 5.41) is 16.0. The summed E-state index contributed by atoms with van der Waals surface area (Å²) in [7, 11) is -21.6. The molecule has 14 nitrogen and oxygen atoms in total. The lowest BCUT2D eigenvalue weighted by atomic mass is 10.2. The van der Waals surface area contributed by atoms with Crippen molar-refractivity contribution in [2.75, 3.05) is 51.7 Å². The highest BCUT2D eigenvalue weighted by molar-refractivity contribution is 14.1. The van der Waals surface area contributed by atoms with Gasteiger partial charge in [0, 0.05) is 26.8 Å². The first kappa shape index (κ1) is 92.3. The lowest BCUT2D eigenvalue weighted by Gasteiger charge is -2.43. The van der Waals surface area contributed by atoms with Crippen molar-refractivity contribution in [3.05, 3.63) is 246 Å². The molecular formula is C77H99ClI3N3O11S6Si3. The third-order valence-corrected chi connectivity index (χ3v) is 41.0. The Labute approximate surface area is 678 Å². The Morgan fingerprint density at radius 1 is 0.394 bits per heavy atom. The monoisotopic (exact) mass is 1930 g/mol. The minimum atomic E-state index is -3.66. The zero-order valence-corrected chi connectivity index (χ0v) is 75.0. The smallest absolute Gasteiger partial charge is 0.261 e. The van der Waals surface area contributed by atoms with Gasteiger partial charge in [-0.1, -0.05) is 259 Å². The first-order valence-corrected chi connectivity index (χ1v) is 52.1. The largest absolute Gasteiger partial charge is 0.403 e. The SMILES string of the molecule is C.C.CC(C)(C)[Si](Cl)(c1ccccc1)c1ccccc1.CC(C)(C)[Si](OCc1cc(I)c(NS(C)(=O)=O)cc1S(C)(=O)=O)(c1ccccc1)c1ccccc1.CSc1cc(NS(C)(=O)=O)c(I)cc1CO.CSc1cc(NS(C)(=O)=O)c(I)cc1CO[Si](c1ccccc1)(c1ccccc1)C(C)(C)C. The van der Waals surface area contributed by atoms with Crippen molar-refractivity contribution in [2.24, 2.45) is 0 Å². The molecule has 0 aliphatic heterocycles. The molecule has 564 valence electrons. The zero-order chi connectivity index (χ0) is 75.9. The van der Waals surface area contributed by atoms with Crippen LogP contribution in [0.3, 0.4) is 0 Å². The molecule has 0 bridgehead atoms. The summed E-state index contributed by atoms with van der Waals surface area (Å²) in [6.07, 6.45) is 8.31. The predicted octanol–water partition coefficient (Wildman–Crippen LogP) is 16.5. The molecule has 27 heteroatoms. The highest BCUT2D eigenvalue weighted by Crippen LogP contribution is 2.42. The summed E-state index contributed by atoms with van der Waals surface area (Å²) < 4.78 is 119. The molecular weight excluding hydrogens is 1840 g/mol. The topological polar surface area (TPSA) is 211 Å². The Bertz CT molecular complexity index is 4630. The van der Waals surface area contributed by atoms with Crippen molar-refractivity contribution >= 4 is 214 Å². The van der Waals surface area contributed by atoms with Crippen LogP contribution in [0.1, 0.15) is 93.9 Å². The Hall–Kier alpha value is -4.11.